The molecule has 1 aromatic rings. The van der Waals surface area contributed by atoms with Gasteiger partial charge in [0, 0.05) is 12.7 Å². The lowest BCUT2D eigenvalue weighted by atomic mass is 9.99. The van der Waals surface area contributed by atoms with E-state index in [2.05, 4.69) is 18.9 Å². The first-order chi connectivity index (χ1) is 6.68. The Morgan fingerprint density at radius 3 is 2.43 bits per heavy atom. The number of aromatic nitrogens is 2. The van der Waals surface area contributed by atoms with E-state index in [4.69, 9.17) is 0 Å². The van der Waals surface area contributed by atoms with Crippen molar-refractivity contribution in [2.45, 2.75) is 46.0 Å². The summed E-state index contributed by atoms with van der Waals surface area (Å²) < 4.78 is 2.01. The Hall–Kier alpha value is -0.790. The summed E-state index contributed by atoms with van der Waals surface area (Å²) in [6.45, 7) is 4.35. The third kappa shape index (κ3) is 1.70. The molecule has 0 N–H and O–H groups in total. The maximum Gasteiger partial charge on any atom is 0.0659 e. The Morgan fingerprint density at radius 1 is 1.29 bits per heavy atom. The highest BCUT2D eigenvalue weighted by molar-refractivity contribution is 5.23. The fourth-order valence-corrected chi connectivity index (χ4v) is 2.46. The van der Waals surface area contributed by atoms with Crippen LogP contribution >= 0.6 is 0 Å². The van der Waals surface area contributed by atoms with Crippen molar-refractivity contribution in [3.8, 4) is 0 Å². The SMILES string of the molecule is Cc1c(CC2CCCC2)nn(C)c1C. The summed E-state index contributed by atoms with van der Waals surface area (Å²) in [5.74, 6) is 0.906. The molecule has 1 aliphatic rings. The van der Waals surface area contributed by atoms with Gasteiger partial charge < -0.3 is 0 Å². The maximum absolute atomic E-state index is 4.59. The molecule has 1 aliphatic carbocycles. The second kappa shape index (κ2) is 3.76. The van der Waals surface area contributed by atoms with Crippen LogP contribution in [0.4, 0.5) is 0 Å². The van der Waals surface area contributed by atoms with E-state index >= 15 is 0 Å². The van der Waals surface area contributed by atoms with Gasteiger partial charge in [0.25, 0.3) is 0 Å². The highest BCUT2D eigenvalue weighted by Crippen LogP contribution is 2.28. The lowest BCUT2D eigenvalue weighted by Gasteiger charge is -2.06. The van der Waals surface area contributed by atoms with E-state index in [1.165, 1.54) is 49.1 Å². The summed E-state index contributed by atoms with van der Waals surface area (Å²) in [5, 5.41) is 4.59. The highest BCUT2D eigenvalue weighted by Gasteiger charge is 2.18. The van der Waals surface area contributed by atoms with Gasteiger partial charge in [-0.1, -0.05) is 25.7 Å². The smallest absolute Gasteiger partial charge is 0.0659 e. The average Bonchev–Trinajstić information content (AvgIpc) is 2.73. The second-order valence-corrected chi connectivity index (χ2v) is 4.64. The maximum atomic E-state index is 4.59. The molecule has 0 bridgehead atoms. The predicted octanol–water partition coefficient (Wildman–Crippen LogP) is 2.77. The molecule has 1 saturated carbocycles. The van der Waals surface area contributed by atoms with Gasteiger partial charge in [-0.2, -0.15) is 5.10 Å². The summed E-state index contributed by atoms with van der Waals surface area (Å²) in [4.78, 5) is 0. The average molecular weight is 192 g/mol. The van der Waals surface area contributed by atoms with Gasteiger partial charge in [0.05, 0.1) is 5.69 Å². The van der Waals surface area contributed by atoms with Gasteiger partial charge in [0.1, 0.15) is 0 Å². The first-order valence-corrected chi connectivity index (χ1v) is 5.67. The van der Waals surface area contributed by atoms with Gasteiger partial charge in [-0.05, 0) is 31.7 Å². The van der Waals surface area contributed by atoms with Crippen LogP contribution in [0.3, 0.4) is 0 Å². The monoisotopic (exact) mass is 192 g/mol. The molecule has 0 spiro atoms. The number of rotatable bonds is 2. The molecule has 0 aromatic carbocycles. The Bertz CT molecular complexity index is 319. The molecule has 2 rings (SSSR count). The zero-order valence-electron chi connectivity index (χ0n) is 9.51. The van der Waals surface area contributed by atoms with Gasteiger partial charge in [-0.3, -0.25) is 4.68 Å². The molecule has 0 unspecified atom stereocenters. The molecule has 1 aromatic heterocycles. The van der Waals surface area contributed by atoms with Gasteiger partial charge in [0.2, 0.25) is 0 Å². The summed E-state index contributed by atoms with van der Waals surface area (Å²) in [5.41, 5.74) is 4.05. The van der Waals surface area contributed by atoms with Crippen molar-refractivity contribution in [1.29, 1.82) is 0 Å². The summed E-state index contributed by atoms with van der Waals surface area (Å²) in [6.07, 6.45) is 6.88. The third-order valence-corrected chi connectivity index (χ3v) is 3.69. The van der Waals surface area contributed by atoms with Crippen molar-refractivity contribution in [3.05, 3.63) is 17.0 Å². The van der Waals surface area contributed by atoms with Crippen molar-refractivity contribution in [2.75, 3.05) is 0 Å². The predicted molar refractivity (Wildman–Crippen MR) is 58.3 cm³/mol. The zero-order chi connectivity index (χ0) is 10.1. The molecule has 1 heterocycles. The molecular formula is C12H20N2. The van der Waals surface area contributed by atoms with Crippen molar-refractivity contribution in [2.24, 2.45) is 13.0 Å². The zero-order valence-corrected chi connectivity index (χ0v) is 9.51. The third-order valence-electron chi connectivity index (χ3n) is 3.69. The topological polar surface area (TPSA) is 17.8 Å². The van der Waals surface area contributed by atoms with Crippen molar-refractivity contribution in [1.82, 2.24) is 9.78 Å². The Kier molecular flexibility index (Phi) is 2.62. The molecule has 14 heavy (non-hydrogen) atoms. The van der Waals surface area contributed by atoms with Gasteiger partial charge in [0.15, 0.2) is 0 Å². The number of hydrogen-bond donors (Lipinski definition) is 0. The van der Waals surface area contributed by atoms with E-state index < -0.39 is 0 Å². The fourth-order valence-electron chi connectivity index (χ4n) is 2.46. The number of hydrogen-bond acceptors (Lipinski definition) is 1. The number of nitrogens with zero attached hydrogens (tertiary/aromatic N) is 2. The van der Waals surface area contributed by atoms with Crippen LogP contribution < -0.4 is 0 Å². The molecule has 2 nitrogen and oxygen atoms in total. The van der Waals surface area contributed by atoms with Gasteiger partial charge in [-0.15, -0.1) is 0 Å². The minimum atomic E-state index is 0.906. The molecule has 2 heteroatoms. The molecular weight excluding hydrogens is 172 g/mol. The lowest BCUT2D eigenvalue weighted by molar-refractivity contribution is 0.532. The van der Waals surface area contributed by atoms with E-state index in [0.29, 0.717) is 0 Å². The van der Waals surface area contributed by atoms with Crippen LogP contribution in [0.5, 0.6) is 0 Å². The first-order valence-electron chi connectivity index (χ1n) is 5.67. The Labute approximate surface area is 86.3 Å². The molecule has 0 atom stereocenters. The van der Waals surface area contributed by atoms with E-state index in [-0.39, 0.29) is 0 Å². The van der Waals surface area contributed by atoms with Crippen molar-refractivity contribution < 1.29 is 0 Å². The minimum Gasteiger partial charge on any atom is -0.272 e. The van der Waals surface area contributed by atoms with E-state index in [9.17, 15) is 0 Å². The standard InChI is InChI=1S/C12H20N2/c1-9-10(2)14(3)13-12(9)8-11-6-4-5-7-11/h11H,4-8H2,1-3H3. The van der Waals surface area contributed by atoms with E-state index in [0.717, 1.165) is 5.92 Å². The molecule has 0 aliphatic heterocycles. The Balaban J connectivity index is 2.12. The molecule has 0 radical (unpaired) electrons. The van der Waals surface area contributed by atoms with Crippen LogP contribution in [0.1, 0.15) is 42.6 Å². The van der Waals surface area contributed by atoms with Crippen LogP contribution in [0, 0.1) is 19.8 Å². The van der Waals surface area contributed by atoms with Crippen LogP contribution in [0.25, 0.3) is 0 Å². The van der Waals surface area contributed by atoms with Crippen LogP contribution in [0.15, 0.2) is 0 Å². The van der Waals surface area contributed by atoms with Crippen LogP contribution in [-0.4, -0.2) is 9.78 Å². The normalized spacial score (nSPS) is 17.9. The van der Waals surface area contributed by atoms with Gasteiger partial charge >= 0.3 is 0 Å². The molecule has 0 amide bonds. The Morgan fingerprint density at radius 2 is 1.93 bits per heavy atom. The quantitative estimate of drug-likeness (QED) is 0.704. The summed E-state index contributed by atoms with van der Waals surface area (Å²) in [6, 6.07) is 0. The number of aryl methyl sites for hydroxylation is 1. The minimum absolute atomic E-state index is 0.906. The van der Waals surface area contributed by atoms with E-state index in [1.807, 2.05) is 11.7 Å². The van der Waals surface area contributed by atoms with Gasteiger partial charge in [-0.25, -0.2) is 0 Å². The van der Waals surface area contributed by atoms with Crippen molar-refractivity contribution in [3.63, 3.8) is 0 Å². The van der Waals surface area contributed by atoms with Crippen molar-refractivity contribution >= 4 is 0 Å². The van der Waals surface area contributed by atoms with Crippen LogP contribution in [-0.2, 0) is 13.5 Å². The first kappa shape index (κ1) is 9.75. The fraction of sp³-hybridized carbons (Fsp3) is 0.750. The lowest BCUT2D eigenvalue weighted by Crippen LogP contribution is -2.01. The van der Waals surface area contributed by atoms with E-state index in [1.54, 1.807) is 0 Å². The van der Waals surface area contributed by atoms with Crippen LogP contribution in [0.2, 0.25) is 0 Å². The molecule has 78 valence electrons. The second-order valence-electron chi connectivity index (χ2n) is 4.64. The largest absolute Gasteiger partial charge is 0.272 e. The molecule has 0 saturated heterocycles. The highest BCUT2D eigenvalue weighted by atomic mass is 15.3. The summed E-state index contributed by atoms with van der Waals surface area (Å²) in [7, 11) is 2.04. The summed E-state index contributed by atoms with van der Waals surface area (Å²) >= 11 is 0. The molecule has 1 fully saturated rings.